The fourth-order valence-corrected chi connectivity index (χ4v) is 5.79. The third-order valence-electron chi connectivity index (χ3n) is 7.98. The van der Waals surface area contributed by atoms with Gasteiger partial charge in [0.25, 0.3) is 0 Å². The number of anilines is 1. The first-order valence-electron chi connectivity index (χ1n) is 14.7. The molecule has 216 valence electrons. The van der Waals surface area contributed by atoms with E-state index in [9.17, 15) is 5.26 Å². The molecule has 0 saturated carbocycles. The lowest BCUT2D eigenvalue weighted by molar-refractivity contribution is 0.0106. The highest BCUT2D eigenvalue weighted by atomic mass is 16.5. The molecule has 1 saturated heterocycles. The average molecular weight is 556 g/mol. The first kappa shape index (κ1) is 28.9. The molecule has 2 heterocycles. The first-order chi connectivity index (χ1) is 20.2. The predicted molar refractivity (Wildman–Crippen MR) is 161 cm³/mol. The van der Waals surface area contributed by atoms with Gasteiger partial charge in [-0.2, -0.15) is 5.26 Å². The summed E-state index contributed by atoms with van der Waals surface area (Å²) in [6.07, 6.45) is 4.13. The Morgan fingerprint density at radius 3 is 2.76 bits per heavy atom. The van der Waals surface area contributed by atoms with E-state index in [2.05, 4.69) is 58.8 Å². The van der Waals surface area contributed by atoms with Gasteiger partial charge in [0.15, 0.2) is 0 Å². The maximum atomic E-state index is 9.23. The van der Waals surface area contributed by atoms with Gasteiger partial charge in [-0.25, -0.2) is 0 Å². The van der Waals surface area contributed by atoms with Crippen molar-refractivity contribution >= 4 is 5.69 Å². The zero-order valence-electron chi connectivity index (χ0n) is 24.0. The Morgan fingerprint density at radius 1 is 1.02 bits per heavy atom. The van der Waals surface area contributed by atoms with Gasteiger partial charge in [0.1, 0.15) is 18.0 Å². The predicted octanol–water partition coefficient (Wildman–Crippen LogP) is 5.62. The number of ether oxygens (including phenoxy) is 4. The zero-order chi connectivity index (χ0) is 28.3. The largest absolute Gasteiger partial charge is 0.496 e. The number of para-hydroxylation sites is 1. The lowest BCUT2D eigenvalue weighted by Crippen LogP contribution is -2.41. The molecular weight excluding hydrogens is 514 g/mol. The number of benzene rings is 3. The molecule has 3 aromatic rings. The third-order valence-corrected chi connectivity index (χ3v) is 7.98. The number of nitriles is 1. The summed E-state index contributed by atoms with van der Waals surface area (Å²) >= 11 is 0. The van der Waals surface area contributed by atoms with Gasteiger partial charge < -0.3 is 29.2 Å². The lowest BCUT2D eigenvalue weighted by Gasteiger charge is -2.33. The molecule has 0 aliphatic carbocycles. The summed E-state index contributed by atoms with van der Waals surface area (Å²) in [5, 5.41) is 12.7. The van der Waals surface area contributed by atoms with Crippen LogP contribution in [0, 0.1) is 11.3 Å². The smallest absolute Gasteiger partial charge is 0.124 e. The minimum Gasteiger partial charge on any atom is -0.496 e. The SMILES string of the molecule is COc1ccccc1COCCCOc1ccc(C2CCNCC2OCc2ccc3c(c2)N(CC#N)CCC3)cc1. The van der Waals surface area contributed by atoms with Crippen LogP contribution >= 0.6 is 0 Å². The lowest BCUT2D eigenvalue weighted by atomic mass is 9.87. The number of nitrogens with one attached hydrogen (secondary N) is 1. The summed E-state index contributed by atoms with van der Waals surface area (Å²) in [7, 11) is 1.68. The molecule has 7 nitrogen and oxygen atoms in total. The summed E-state index contributed by atoms with van der Waals surface area (Å²) < 4.78 is 23.7. The maximum Gasteiger partial charge on any atom is 0.124 e. The summed E-state index contributed by atoms with van der Waals surface area (Å²) in [5.41, 5.74) is 6.02. The standard InChI is InChI=1S/C34H41N3O4/c1-38-33-8-3-2-6-29(33)25-39-20-5-21-40-30-13-11-27(12-14-30)31-15-17-36-23-34(31)41-24-26-9-10-28-7-4-18-37(19-16-35)32(28)22-26/h2-3,6,8-14,22,31,34,36H,4-5,7,15,17-21,23-25H2,1H3. The van der Waals surface area contributed by atoms with Crippen molar-refractivity contribution in [2.75, 3.05) is 51.4 Å². The first-order valence-corrected chi connectivity index (χ1v) is 14.7. The average Bonchev–Trinajstić information content (AvgIpc) is 3.02. The van der Waals surface area contributed by atoms with E-state index in [4.69, 9.17) is 18.9 Å². The highest BCUT2D eigenvalue weighted by Crippen LogP contribution is 2.32. The Morgan fingerprint density at radius 2 is 1.90 bits per heavy atom. The minimum atomic E-state index is 0.0992. The van der Waals surface area contributed by atoms with Gasteiger partial charge in [-0.15, -0.1) is 0 Å². The molecule has 3 aromatic carbocycles. The molecule has 1 fully saturated rings. The number of piperidine rings is 1. The van der Waals surface area contributed by atoms with Crippen molar-refractivity contribution < 1.29 is 18.9 Å². The normalized spacial score (nSPS) is 18.4. The summed E-state index contributed by atoms with van der Waals surface area (Å²) in [6, 6.07) is 25.3. The van der Waals surface area contributed by atoms with Gasteiger partial charge in [-0.3, -0.25) is 0 Å². The van der Waals surface area contributed by atoms with E-state index in [1.54, 1.807) is 7.11 Å². The van der Waals surface area contributed by atoms with E-state index in [-0.39, 0.29) is 6.10 Å². The second-order valence-corrected chi connectivity index (χ2v) is 10.7. The van der Waals surface area contributed by atoms with Crippen LogP contribution in [-0.4, -0.2) is 52.6 Å². The van der Waals surface area contributed by atoms with Crippen molar-refractivity contribution in [3.63, 3.8) is 0 Å². The van der Waals surface area contributed by atoms with E-state index in [0.29, 0.717) is 38.9 Å². The number of nitrogens with zero attached hydrogens (tertiary/aromatic N) is 2. The molecule has 2 unspecified atom stereocenters. The Kier molecular flexibility index (Phi) is 10.5. The van der Waals surface area contributed by atoms with Crippen molar-refractivity contribution in [1.82, 2.24) is 5.32 Å². The van der Waals surface area contributed by atoms with Crippen LogP contribution in [-0.2, 0) is 29.1 Å². The van der Waals surface area contributed by atoms with Gasteiger partial charge in [0.05, 0.1) is 45.7 Å². The molecule has 5 rings (SSSR count). The summed E-state index contributed by atoms with van der Waals surface area (Å²) in [4.78, 5) is 2.19. The van der Waals surface area contributed by atoms with Crippen molar-refractivity contribution in [3.8, 4) is 17.6 Å². The Bertz CT molecular complexity index is 1290. The van der Waals surface area contributed by atoms with E-state index >= 15 is 0 Å². The van der Waals surface area contributed by atoms with Crippen molar-refractivity contribution in [1.29, 1.82) is 5.26 Å². The van der Waals surface area contributed by atoms with E-state index in [1.165, 1.54) is 16.8 Å². The molecule has 0 aromatic heterocycles. The highest BCUT2D eigenvalue weighted by Gasteiger charge is 2.27. The Hall–Kier alpha value is -3.57. The summed E-state index contributed by atoms with van der Waals surface area (Å²) in [6.45, 7) is 5.53. The van der Waals surface area contributed by atoms with Gasteiger partial charge in [0, 0.05) is 36.7 Å². The number of methoxy groups -OCH3 is 1. The molecule has 7 heteroatoms. The highest BCUT2D eigenvalue weighted by molar-refractivity contribution is 5.57. The maximum absolute atomic E-state index is 9.23. The Balaban J connectivity index is 1.09. The molecule has 2 aliphatic rings. The minimum absolute atomic E-state index is 0.0992. The second-order valence-electron chi connectivity index (χ2n) is 10.7. The molecule has 0 bridgehead atoms. The van der Waals surface area contributed by atoms with Gasteiger partial charge in [-0.05, 0) is 66.8 Å². The quantitative estimate of drug-likeness (QED) is 0.217. The summed E-state index contributed by atoms with van der Waals surface area (Å²) in [5.74, 6) is 2.06. The zero-order valence-corrected chi connectivity index (χ0v) is 24.0. The van der Waals surface area contributed by atoms with E-state index in [0.717, 1.165) is 67.9 Å². The Labute approximate surface area is 244 Å². The molecule has 41 heavy (non-hydrogen) atoms. The van der Waals surface area contributed by atoms with Crippen LogP contribution in [0.1, 0.15) is 47.4 Å². The topological polar surface area (TPSA) is 76.0 Å². The van der Waals surface area contributed by atoms with Crippen molar-refractivity contribution in [3.05, 3.63) is 89.0 Å². The van der Waals surface area contributed by atoms with Crippen LogP contribution in [0.2, 0.25) is 0 Å². The van der Waals surface area contributed by atoms with Gasteiger partial charge in [-0.1, -0.05) is 42.5 Å². The molecule has 0 amide bonds. The van der Waals surface area contributed by atoms with Crippen LogP contribution in [0.3, 0.4) is 0 Å². The number of hydrogen-bond acceptors (Lipinski definition) is 7. The third kappa shape index (κ3) is 7.80. The molecular formula is C34H41N3O4. The van der Waals surface area contributed by atoms with Gasteiger partial charge in [0.2, 0.25) is 0 Å². The van der Waals surface area contributed by atoms with Crippen molar-refractivity contribution in [2.24, 2.45) is 0 Å². The van der Waals surface area contributed by atoms with Crippen LogP contribution in [0.15, 0.2) is 66.7 Å². The number of fused-ring (bicyclic) bond motifs is 1. The van der Waals surface area contributed by atoms with Crippen LogP contribution in [0.4, 0.5) is 5.69 Å². The van der Waals surface area contributed by atoms with Crippen LogP contribution in [0.5, 0.6) is 11.5 Å². The van der Waals surface area contributed by atoms with E-state index in [1.807, 2.05) is 24.3 Å². The molecule has 2 atom stereocenters. The fraction of sp³-hybridized carbons (Fsp3) is 0.441. The number of hydrogen-bond donors (Lipinski definition) is 1. The molecule has 0 spiro atoms. The fourth-order valence-electron chi connectivity index (χ4n) is 5.79. The molecule has 0 radical (unpaired) electrons. The number of rotatable bonds is 13. The monoisotopic (exact) mass is 555 g/mol. The van der Waals surface area contributed by atoms with Gasteiger partial charge >= 0.3 is 0 Å². The van der Waals surface area contributed by atoms with E-state index < -0.39 is 0 Å². The van der Waals surface area contributed by atoms with Crippen molar-refractivity contribution in [2.45, 2.75) is 50.9 Å². The molecule has 1 N–H and O–H groups in total. The van der Waals surface area contributed by atoms with Crippen LogP contribution < -0.4 is 19.7 Å². The van der Waals surface area contributed by atoms with Crippen LogP contribution in [0.25, 0.3) is 0 Å². The molecule has 2 aliphatic heterocycles. The second kappa shape index (κ2) is 14.9. The number of aryl methyl sites for hydroxylation is 1.